The molecule has 0 saturated carbocycles. The molecule has 0 unspecified atom stereocenters. The number of hydrogen-bond acceptors (Lipinski definition) is 3. The normalized spacial score (nSPS) is 12.3. The molecule has 0 bridgehead atoms. The maximum Gasteiger partial charge on any atom is 0.221 e. The Morgan fingerprint density at radius 2 is 2.00 bits per heavy atom. The van der Waals surface area contributed by atoms with Gasteiger partial charge in [0.05, 0.1) is 17.9 Å². The van der Waals surface area contributed by atoms with E-state index >= 15 is 0 Å². The first-order chi connectivity index (χ1) is 11.6. The molecule has 3 N–H and O–H groups in total. The fourth-order valence-corrected chi connectivity index (χ4v) is 3.01. The molecule has 1 amide bonds. The number of nitrogens with one attached hydrogen (secondary N) is 1. The Balaban J connectivity index is 1.96. The average Bonchev–Trinajstić information content (AvgIpc) is 2.96. The van der Waals surface area contributed by atoms with Gasteiger partial charge in [-0.2, -0.15) is 5.10 Å². The Kier molecular flexibility index (Phi) is 4.62. The van der Waals surface area contributed by atoms with Gasteiger partial charge < -0.3 is 11.1 Å². The quantitative estimate of drug-likeness (QED) is 0.758. The number of amides is 1. The van der Waals surface area contributed by atoms with Gasteiger partial charge in [0.25, 0.3) is 0 Å². The van der Waals surface area contributed by atoms with E-state index in [0.29, 0.717) is 13.0 Å². The first-order valence-electron chi connectivity index (χ1n) is 8.14. The smallest absolute Gasteiger partial charge is 0.221 e. The lowest BCUT2D eigenvalue weighted by Crippen LogP contribution is -2.28. The van der Waals surface area contributed by atoms with Crippen molar-refractivity contribution >= 4 is 16.7 Å². The molecule has 0 saturated heterocycles. The van der Waals surface area contributed by atoms with Crippen LogP contribution in [-0.4, -0.2) is 22.2 Å². The third-order valence-corrected chi connectivity index (χ3v) is 4.26. The zero-order chi connectivity index (χ0) is 17.1. The Morgan fingerprint density at radius 3 is 2.79 bits per heavy atom. The van der Waals surface area contributed by atoms with E-state index in [9.17, 15) is 4.79 Å². The summed E-state index contributed by atoms with van der Waals surface area (Å²) in [5, 5.41) is 9.85. The maximum atomic E-state index is 11.8. The summed E-state index contributed by atoms with van der Waals surface area (Å²) in [4.78, 5) is 11.8. The Labute approximate surface area is 141 Å². The van der Waals surface area contributed by atoms with Gasteiger partial charge in [-0.3, -0.25) is 4.79 Å². The molecule has 3 aromatic rings. The second-order valence-electron chi connectivity index (χ2n) is 5.92. The number of rotatable bonds is 5. The van der Waals surface area contributed by atoms with Crippen LogP contribution in [-0.2, 0) is 4.79 Å². The molecule has 0 fully saturated rings. The number of carbonyl (C=O) groups is 1. The molecule has 124 valence electrons. The van der Waals surface area contributed by atoms with Crippen LogP contribution in [0.5, 0.6) is 0 Å². The molecule has 1 aromatic heterocycles. The van der Waals surface area contributed by atoms with E-state index in [-0.39, 0.29) is 11.9 Å². The van der Waals surface area contributed by atoms with Gasteiger partial charge in [-0.05, 0) is 25.3 Å². The van der Waals surface area contributed by atoms with Gasteiger partial charge in [-0.1, -0.05) is 36.4 Å². The second-order valence-corrected chi connectivity index (χ2v) is 5.92. The number of nitrogens with two attached hydrogens (primary N) is 1. The van der Waals surface area contributed by atoms with Crippen molar-refractivity contribution in [3.63, 3.8) is 0 Å². The van der Waals surface area contributed by atoms with Crippen molar-refractivity contribution < 1.29 is 4.79 Å². The van der Waals surface area contributed by atoms with E-state index < -0.39 is 0 Å². The van der Waals surface area contributed by atoms with Crippen molar-refractivity contribution in [3.05, 3.63) is 59.9 Å². The largest absolute Gasteiger partial charge is 0.349 e. The second kappa shape index (κ2) is 6.84. The summed E-state index contributed by atoms with van der Waals surface area (Å²) >= 11 is 0. The minimum Gasteiger partial charge on any atom is -0.349 e. The summed E-state index contributed by atoms with van der Waals surface area (Å²) in [6.45, 7) is 4.34. The van der Waals surface area contributed by atoms with Gasteiger partial charge >= 0.3 is 0 Å². The van der Waals surface area contributed by atoms with Gasteiger partial charge in [-0.25, -0.2) is 4.68 Å². The summed E-state index contributed by atoms with van der Waals surface area (Å²) in [5.41, 5.74) is 8.50. The lowest BCUT2D eigenvalue weighted by Gasteiger charge is -2.14. The van der Waals surface area contributed by atoms with E-state index in [0.717, 1.165) is 22.3 Å². The summed E-state index contributed by atoms with van der Waals surface area (Å²) in [6.07, 6.45) is 2.16. The molecule has 5 heteroatoms. The van der Waals surface area contributed by atoms with Gasteiger partial charge in [0, 0.05) is 29.6 Å². The molecule has 24 heavy (non-hydrogen) atoms. The highest BCUT2D eigenvalue weighted by atomic mass is 16.1. The zero-order valence-corrected chi connectivity index (χ0v) is 14.0. The lowest BCUT2D eigenvalue weighted by molar-refractivity contribution is -0.121. The first-order valence-corrected chi connectivity index (χ1v) is 8.14. The highest BCUT2D eigenvalue weighted by molar-refractivity contribution is 5.90. The molecule has 1 atom stereocenters. The zero-order valence-electron chi connectivity index (χ0n) is 14.0. The summed E-state index contributed by atoms with van der Waals surface area (Å²) < 4.78 is 1.93. The number of benzene rings is 2. The first kappa shape index (κ1) is 16.2. The van der Waals surface area contributed by atoms with Crippen LogP contribution < -0.4 is 11.1 Å². The number of hydrogen-bond donors (Lipinski definition) is 2. The number of aromatic nitrogens is 2. The maximum absolute atomic E-state index is 11.8. The molecule has 5 nitrogen and oxygen atoms in total. The highest BCUT2D eigenvalue weighted by Crippen LogP contribution is 2.25. The fraction of sp³-hybridized carbons (Fsp3) is 0.263. The summed E-state index contributed by atoms with van der Waals surface area (Å²) in [5.74, 6) is -0.0395. The van der Waals surface area contributed by atoms with Gasteiger partial charge in [-0.15, -0.1) is 0 Å². The van der Waals surface area contributed by atoms with E-state index in [1.807, 2.05) is 42.9 Å². The van der Waals surface area contributed by atoms with Crippen LogP contribution >= 0.6 is 0 Å². The standard InChI is InChI=1S/C19H22N4O/c1-13(22-19(24)10-11-20)17-12-21-23(14(17)2)18-9-5-7-15-6-3-4-8-16(15)18/h3-9,12-13H,10-11,20H2,1-2H3,(H,22,24)/t13-/m1/s1. The minimum absolute atomic E-state index is 0.0395. The van der Waals surface area contributed by atoms with Crippen molar-refractivity contribution in [3.8, 4) is 5.69 Å². The molecule has 0 spiro atoms. The molecule has 0 radical (unpaired) electrons. The van der Waals surface area contributed by atoms with Crippen LogP contribution in [0.3, 0.4) is 0 Å². The van der Waals surface area contributed by atoms with E-state index in [4.69, 9.17) is 5.73 Å². The number of nitrogens with zero attached hydrogens (tertiary/aromatic N) is 2. The fourth-order valence-electron chi connectivity index (χ4n) is 3.01. The number of fused-ring (bicyclic) bond motifs is 1. The van der Waals surface area contributed by atoms with Crippen molar-refractivity contribution in [1.82, 2.24) is 15.1 Å². The average molecular weight is 322 g/mol. The van der Waals surface area contributed by atoms with Gasteiger partial charge in [0.15, 0.2) is 0 Å². The SMILES string of the molecule is Cc1c([C@@H](C)NC(=O)CCN)cnn1-c1cccc2ccccc12. The van der Waals surface area contributed by atoms with Crippen molar-refractivity contribution in [2.45, 2.75) is 26.3 Å². The Hall–Kier alpha value is -2.66. The molecule has 0 aliphatic heterocycles. The van der Waals surface area contributed by atoms with Crippen LogP contribution in [0.15, 0.2) is 48.7 Å². The van der Waals surface area contributed by atoms with Crippen LogP contribution in [0, 0.1) is 6.92 Å². The van der Waals surface area contributed by atoms with Crippen LogP contribution in [0.4, 0.5) is 0 Å². The molecule has 3 rings (SSSR count). The summed E-state index contributed by atoms with van der Waals surface area (Å²) in [6, 6.07) is 14.3. The predicted octanol–water partition coefficient (Wildman–Crippen LogP) is 2.86. The molecule has 1 heterocycles. The van der Waals surface area contributed by atoms with Crippen LogP contribution in [0.2, 0.25) is 0 Å². The van der Waals surface area contributed by atoms with Gasteiger partial charge in [0.2, 0.25) is 5.91 Å². The van der Waals surface area contributed by atoms with E-state index in [2.05, 4.69) is 34.7 Å². The molecular weight excluding hydrogens is 300 g/mol. The van der Waals surface area contributed by atoms with Crippen molar-refractivity contribution in [2.75, 3.05) is 6.54 Å². The molecular formula is C19H22N4O. The van der Waals surface area contributed by atoms with Crippen molar-refractivity contribution in [1.29, 1.82) is 0 Å². The monoisotopic (exact) mass is 322 g/mol. The topological polar surface area (TPSA) is 72.9 Å². The van der Waals surface area contributed by atoms with Crippen LogP contribution in [0.1, 0.15) is 30.6 Å². The predicted molar refractivity (Wildman–Crippen MR) is 96.0 cm³/mol. The Morgan fingerprint density at radius 1 is 1.25 bits per heavy atom. The highest BCUT2D eigenvalue weighted by Gasteiger charge is 2.16. The van der Waals surface area contributed by atoms with E-state index in [1.54, 1.807) is 0 Å². The number of carbonyl (C=O) groups excluding carboxylic acids is 1. The minimum atomic E-state index is -0.104. The molecule has 2 aromatic carbocycles. The molecule has 0 aliphatic rings. The van der Waals surface area contributed by atoms with Crippen molar-refractivity contribution in [2.24, 2.45) is 5.73 Å². The molecule has 0 aliphatic carbocycles. The lowest BCUT2D eigenvalue weighted by atomic mass is 10.1. The Bertz CT molecular complexity index is 863. The van der Waals surface area contributed by atoms with Gasteiger partial charge in [0.1, 0.15) is 0 Å². The third kappa shape index (κ3) is 3.03. The third-order valence-electron chi connectivity index (χ3n) is 4.26. The summed E-state index contributed by atoms with van der Waals surface area (Å²) in [7, 11) is 0. The van der Waals surface area contributed by atoms with E-state index in [1.165, 1.54) is 5.39 Å². The van der Waals surface area contributed by atoms with Crippen LogP contribution in [0.25, 0.3) is 16.5 Å².